The number of nitrogens with two attached hydrogens (primary N) is 1. The van der Waals surface area contributed by atoms with Crippen molar-refractivity contribution in [3.63, 3.8) is 0 Å². The summed E-state index contributed by atoms with van der Waals surface area (Å²) in [6.07, 6.45) is -0.118. The summed E-state index contributed by atoms with van der Waals surface area (Å²) in [6, 6.07) is 16.0. The quantitative estimate of drug-likeness (QED) is 0.786. The number of fused-ring (bicyclic) bond motifs is 1. The standard InChI is InChI=1S/C22H24N4O4/c1-2-25(13-16-14-29-19-10-6-7-11-20(19)30-16)22(28)17-12-18(21(23)27)26(24-17)15-8-4-3-5-9-15/h3-11,16,18H,2,12-14H2,1H3,(H2,23,27). The lowest BCUT2D eigenvalue weighted by Crippen LogP contribution is -2.46. The van der Waals surface area contributed by atoms with Crippen LogP contribution in [-0.4, -0.2) is 54.3 Å². The fraction of sp³-hybridized carbons (Fsp3) is 0.318. The second-order valence-corrected chi connectivity index (χ2v) is 7.19. The van der Waals surface area contributed by atoms with Gasteiger partial charge in [0, 0.05) is 13.0 Å². The predicted molar refractivity (Wildman–Crippen MR) is 113 cm³/mol. The maximum absolute atomic E-state index is 13.2. The van der Waals surface area contributed by atoms with Crippen LogP contribution in [0.15, 0.2) is 59.7 Å². The minimum Gasteiger partial charge on any atom is -0.486 e. The van der Waals surface area contributed by atoms with Gasteiger partial charge in [0.15, 0.2) is 17.6 Å². The van der Waals surface area contributed by atoms with Crippen molar-refractivity contribution in [3.05, 3.63) is 54.6 Å². The molecule has 2 N–H and O–H groups in total. The van der Waals surface area contributed by atoms with Crippen molar-refractivity contribution < 1.29 is 19.1 Å². The van der Waals surface area contributed by atoms with E-state index in [-0.39, 0.29) is 18.4 Å². The Morgan fingerprint density at radius 2 is 1.83 bits per heavy atom. The molecule has 2 aromatic rings. The van der Waals surface area contributed by atoms with Gasteiger partial charge in [-0.3, -0.25) is 14.6 Å². The van der Waals surface area contributed by atoms with Crippen LogP contribution >= 0.6 is 0 Å². The smallest absolute Gasteiger partial charge is 0.270 e. The van der Waals surface area contributed by atoms with Gasteiger partial charge in [-0.25, -0.2) is 0 Å². The Balaban J connectivity index is 1.49. The van der Waals surface area contributed by atoms with E-state index in [0.29, 0.717) is 42.6 Å². The van der Waals surface area contributed by atoms with E-state index in [1.165, 1.54) is 5.01 Å². The first-order valence-corrected chi connectivity index (χ1v) is 9.95. The third-order valence-electron chi connectivity index (χ3n) is 5.17. The Kier molecular flexibility index (Phi) is 5.56. The Bertz CT molecular complexity index is 963. The molecule has 0 fully saturated rings. The molecule has 2 heterocycles. The molecule has 2 aromatic carbocycles. The summed E-state index contributed by atoms with van der Waals surface area (Å²) in [4.78, 5) is 26.8. The highest BCUT2D eigenvalue weighted by Gasteiger charge is 2.37. The van der Waals surface area contributed by atoms with Crippen LogP contribution in [0.5, 0.6) is 11.5 Å². The van der Waals surface area contributed by atoms with Crippen molar-refractivity contribution in [1.29, 1.82) is 0 Å². The zero-order valence-corrected chi connectivity index (χ0v) is 16.7. The maximum atomic E-state index is 13.2. The first-order chi connectivity index (χ1) is 14.6. The molecule has 0 saturated carbocycles. The number of primary amides is 1. The molecule has 0 saturated heterocycles. The molecule has 2 aliphatic heterocycles. The molecular formula is C22H24N4O4. The van der Waals surface area contributed by atoms with E-state index in [0.717, 1.165) is 0 Å². The minimum atomic E-state index is -0.689. The lowest BCUT2D eigenvalue weighted by Gasteiger charge is -2.30. The molecule has 0 aromatic heterocycles. The summed E-state index contributed by atoms with van der Waals surface area (Å²) in [7, 11) is 0. The molecular weight excluding hydrogens is 384 g/mol. The number of anilines is 1. The normalized spacial score (nSPS) is 19.9. The first-order valence-electron chi connectivity index (χ1n) is 9.95. The number of hydrazone groups is 1. The summed E-state index contributed by atoms with van der Waals surface area (Å²) in [5.41, 5.74) is 6.60. The lowest BCUT2D eigenvalue weighted by molar-refractivity contribution is -0.125. The summed E-state index contributed by atoms with van der Waals surface area (Å²) < 4.78 is 11.7. The number of para-hydroxylation sites is 3. The number of nitrogens with zero attached hydrogens (tertiary/aromatic N) is 3. The molecule has 2 unspecified atom stereocenters. The third kappa shape index (κ3) is 3.94. The zero-order valence-electron chi connectivity index (χ0n) is 16.7. The van der Waals surface area contributed by atoms with Gasteiger partial charge >= 0.3 is 0 Å². The fourth-order valence-electron chi connectivity index (χ4n) is 3.62. The first kappa shape index (κ1) is 19.8. The molecule has 0 aliphatic carbocycles. The lowest BCUT2D eigenvalue weighted by atomic mass is 10.1. The number of rotatable bonds is 6. The van der Waals surface area contributed by atoms with Gasteiger partial charge < -0.3 is 20.1 Å². The maximum Gasteiger partial charge on any atom is 0.270 e. The van der Waals surface area contributed by atoms with Crippen molar-refractivity contribution in [2.24, 2.45) is 10.8 Å². The van der Waals surface area contributed by atoms with Crippen molar-refractivity contribution >= 4 is 23.2 Å². The topological polar surface area (TPSA) is 97.5 Å². The highest BCUT2D eigenvalue weighted by Crippen LogP contribution is 2.31. The molecule has 30 heavy (non-hydrogen) atoms. The molecule has 156 valence electrons. The number of amides is 2. The van der Waals surface area contributed by atoms with Gasteiger partial charge in [-0.15, -0.1) is 0 Å². The SMILES string of the molecule is CCN(CC1COc2ccccc2O1)C(=O)C1=NN(c2ccccc2)C(C(N)=O)C1. The number of ether oxygens (including phenoxy) is 2. The van der Waals surface area contributed by atoms with Crippen LogP contribution in [0.4, 0.5) is 5.69 Å². The minimum absolute atomic E-state index is 0.171. The third-order valence-corrected chi connectivity index (χ3v) is 5.17. The second-order valence-electron chi connectivity index (χ2n) is 7.19. The van der Waals surface area contributed by atoms with E-state index in [4.69, 9.17) is 15.2 Å². The van der Waals surface area contributed by atoms with Gasteiger partial charge in [0.1, 0.15) is 18.4 Å². The van der Waals surface area contributed by atoms with Crippen LogP contribution < -0.4 is 20.2 Å². The van der Waals surface area contributed by atoms with Gasteiger partial charge in [-0.2, -0.15) is 5.10 Å². The fourth-order valence-corrected chi connectivity index (χ4v) is 3.62. The Morgan fingerprint density at radius 1 is 1.13 bits per heavy atom. The number of hydrogen-bond donors (Lipinski definition) is 1. The van der Waals surface area contributed by atoms with E-state index < -0.39 is 11.9 Å². The van der Waals surface area contributed by atoms with Crippen molar-refractivity contribution in [2.45, 2.75) is 25.5 Å². The Hall–Kier alpha value is -3.55. The molecule has 0 spiro atoms. The number of carbonyl (C=O) groups excluding carboxylic acids is 2. The van der Waals surface area contributed by atoms with Crippen molar-refractivity contribution in [2.75, 3.05) is 24.7 Å². The van der Waals surface area contributed by atoms with Crippen LogP contribution in [0, 0.1) is 0 Å². The van der Waals surface area contributed by atoms with Crippen LogP contribution in [0.2, 0.25) is 0 Å². The van der Waals surface area contributed by atoms with E-state index in [2.05, 4.69) is 5.10 Å². The summed E-state index contributed by atoms with van der Waals surface area (Å²) in [5, 5.41) is 5.97. The number of likely N-dealkylation sites (N-methyl/N-ethyl adjacent to an activating group) is 1. The summed E-state index contributed by atoms with van der Waals surface area (Å²) in [5.74, 6) is 0.615. The van der Waals surface area contributed by atoms with Gasteiger partial charge in [-0.1, -0.05) is 30.3 Å². The second kappa shape index (κ2) is 8.44. The highest BCUT2D eigenvalue weighted by atomic mass is 16.6. The molecule has 0 radical (unpaired) electrons. The molecule has 8 nitrogen and oxygen atoms in total. The predicted octanol–water partition coefficient (Wildman–Crippen LogP) is 1.80. The molecule has 2 aliphatic rings. The van der Waals surface area contributed by atoms with Crippen molar-refractivity contribution in [3.8, 4) is 11.5 Å². The average Bonchev–Trinajstić information content (AvgIpc) is 3.23. The average molecular weight is 408 g/mol. The molecule has 0 bridgehead atoms. The Labute approximate surface area is 174 Å². The molecule has 2 atom stereocenters. The van der Waals surface area contributed by atoms with Gasteiger partial charge in [-0.05, 0) is 31.2 Å². The molecule has 2 amide bonds. The summed E-state index contributed by atoms with van der Waals surface area (Å²) >= 11 is 0. The van der Waals surface area contributed by atoms with Crippen LogP contribution in [-0.2, 0) is 9.59 Å². The zero-order chi connectivity index (χ0) is 21.1. The number of hydrogen-bond acceptors (Lipinski definition) is 6. The Morgan fingerprint density at radius 3 is 2.53 bits per heavy atom. The highest BCUT2D eigenvalue weighted by molar-refractivity contribution is 6.40. The molecule has 4 rings (SSSR count). The van der Waals surface area contributed by atoms with Crippen LogP contribution in [0.1, 0.15) is 13.3 Å². The van der Waals surface area contributed by atoms with E-state index in [1.807, 2.05) is 61.5 Å². The van der Waals surface area contributed by atoms with Gasteiger partial charge in [0.2, 0.25) is 5.91 Å². The number of benzene rings is 2. The van der Waals surface area contributed by atoms with Crippen LogP contribution in [0.25, 0.3) is 0 Å². The van der Waals surface area contributed by atoms with Gasteiger partial charge in [0.05, 0.1) is 12.2 Å². The monoisotopic (exact) mass is 408 g/mol. The van der Waals surface area contributed by atoms with E-state index in [1.54, 1.807) is 4.90 Å². The number of carbonyl (C=O) groups is 2. The van der Waals surface area contributed by atoms with E-state index >= 15 is 0 Å². The van der Waals surface area contributed by atoms with Crippen LogP contribution in [0.3, 0.4) is 0 Å². The summed E-state index contributed by atoms with van der Waals surface area (Å²) in [6.45, 7) is 3.08. The van der Waals surface area contributed by atoms with E-state index in [9.17, 15) is 9.59 Å². The largest absolute Gasteiger partial charge is 0.486 e. The molecule has 8 heteroatoms. The van der Waals surface area contributed by atoms with Gasteiger partial charge in [0.25, 0.3) is 5.91 Å². The van der Waals surface area contributed by atoms with Crippen molar-refractivity contribution in [1.82, 2.24) is 4.90 Å².